The molecule has 1 saturated heterocycles. The molecule has 1 aliphatic rings. The van der Waals surface area contributed by atoms with Gasteiger partial charge in [0.25, 0.3) is 0 Å². The van der Waals surface area contributed by atoms with Crippen LogP contribution in [0, 0.1) is 0 Å². The van der Waals surface area contributed by atoms with Gasteiger partial charge in [0.1, 0.15) is 35.8 Å². The number of nitrogen functional groups attached to an aromatic ring is 1. The maximum absolute atomic E-state index is 12.0. The molecule has 0 aromatic carbocycles. The molecule has 190 valence electrons. The van der Waals surface area contributed by atoms with Gasteiger partial charge in [0.05, 0.1) is 19.8 Å². The standard InChI is InChI=1S/C14H25N3O14P2/c1-14(23,6-18)8(19)5-29-33(26,27)31-32(24,25)28-4-7-10(20)11(21)12(30-7)17-3-2-9(15)16-13(17)22/h2-3,7-8,10-12,18-21,23H,4-6H2,1H3,(H,24,25)(H,26,27)(H2,15,16,22)/t7-,8-,10-,11-,12-,14-/m1/s1/i6+1. The van der Waals surface area contributed by atoms with Gasteiger partial charge in [-0.05, 0) is 13.0 Å². The Kier molecular flexibility index (Phi) is 8.92. The third kappa shape index (κ3) is 7.34. The van der Waals surface area contributed by atoms with Crippen LogP contribution in [0.3, 0.4) is 0 Å². The molecular formula is C14H25N3O14P2. The Morgan fingerprint density at radius 1 is 1.27 bits per heavy atom. The van der Waals surface area contributed by atoms with Crippen LogP contribution in [0.5, 0.6) is 0 Å². The summed E-state index contributed by atoms with van der Waals surface area (Å²) in [7, 11) is -10.6. The molecule has 0 radical (unpaired) electrons. The van der Waals surface area contributed by atoms with E-state index in [-0.39, 0.29) is 5.82 Å². The van der Waals surface area contributed by atoms with Crippen LogP contribution in [0.25, 0.3) is 0 Å². The minimum absolute atomic E-state index is 0.106. The summed E-state index contributed by atoms with van der Waals surface area (Å²) < 4.78 is 42.7. The summed E-state index contributed by atoms with van der Waals surface area (Å²) in [5.74, 6) is -0.106. The lowest BCUT2D eigenvalue weighted by Crippen LogP contribution is -2.45. The van der Waals surface area contributed by atoms with Crippen molar-refractivity contribution >= 4 is 21.5 Å². The highest BCUT2D eigenvalue weighted by Gasteiger charge is 2.46. The lowest BCUT2D eigenvalue weighted by atomic mass is 10.1. The van der Waals surface area contributed by atoms with Crippen molar-refractivity contribution in [1.29, 1.82) is 0 Å². The first-order valence-electron chi connectivity index (χ1n) is 9.12. The molecular weight excluding hydrogens is 497 g/mol. The highest BCUT2D eigenvalue weighted by atomic mass is 31.3. The highest BCUT2D eigenvalue weighted by Crippen LogP contribution is 2.60. The lowest BCUT2D eigenvalue weighted by molar-refractivity contribution is -0.107. The van der Waals surface area contributed by atoms with Crippen molar-refractivity contribution in [2.75, 3.05) is 25.6 Å². The van der Waals surface area contributed by atoms with E-state index in [9.17, 15) is 44.1 Å². The molecule has 0 spiro atoms. The molecule has 1 aliphatic heterocycles. The third-order valence-electron chi connectivity index (χ3n) is 4.50. The van der Waals surface area contributed by atoms with E-state index in [0.717, 1.165) is 17.7 Å². The highest BCUT2D eigenvalue weighted by molar-refractivity contribution is 7.61. The third-order valence-corrected chi connectivity index (χ3v) is 7.11. The molecule has 17 nitrogen and oxygen atoms in total. The molecule has 9 N–H and O–H groups in total. The van der Waals surface area contributed by atoms with E-state index in [1.54, 1.807) is 0 Å². The average molecular weight is 522 g/mol. The second-order valence-corrected chi connectivity index (χ2v) is 10.3. The Morgan fingerprint density at radius 2 is 1.88 bits per heavy atom. The van der Waals surface area contributed by atoms with Crippen molar-refractivity contribution < 1.29 is 62.5 Å². The molecule has 2 heterocycles. The van der Waals surface area contributed by atoms with E-state index in [4.69, 9.17) is 15.6 Å². The number of phosphoric acid groups is 2. The van der Waals surface area contributed by atoms with Crippen molar-refractivity contribution in [1.82, 2.24) is 9.55 Å². The van der Waals surface area contributed by atoms with Crippen LogP contribution in [0.15, 0.2) is 17.1 Å². The van der Waals surface area contributed by atoms with E-state index in [1.165, 1.54) is 6.07 Å². The predicted molar refractivity (Wildman–Crippen MR) is 105 cm³/mol. The lowest BCUT2D eigenvalue weighted by Gasteiger charge is -2.27. The van der Waals surface area contributed by atoms with Crippen LogP contribution in [0.2, 0.25) is 0 Å². The van der Waals surface area contributed by atoms with E-state index in [2.05, 4.69) is 18.3 Å². The maximum Gasteiger partial charge on any atom is 0.481 e. The summed E-state index contributed by atoms with van der Waals surface area (Å²) in [6, 6.07) is 1.22. The van der Waals surface area contributed by atoms with Gasteiger partial charge in [-0.25, -0.2) is 13.9 Å². The number of hydrogen-bond acceptors (Lipinski definition) is 14. The van der Waals surface area contributed by atoms with Gasteiger partial charge in [-0.2, -0.15) is 9.29 Å². The number of anilines is 1. The SMILES string of the molecule is C[C@@](O)([13CH2]O)[C@H](O)COP(=O)(O)OP(=O)(O)OC[C@H]1O[C@@H](n2ccc(N)nc2=O)[C@H](O)[C@@H]1O. The van der Waals surface area contributed by atoms with Crippen molar-refractivity contribution in [3.63, 3.8) is 0 Å². The van der Waals surface area contributed by atoms with E-state index in [1.807, 2.05) is 0 Å². The number of hydrogen-bond donors (Lipinski definition) is 8. The predicted octanol–water partition coefficient (Wildman–Crippen LogP) is -3.20. The zero-order chi connectivity index (χ0) is 25.2. The monoisotopic (exact) mass is 522 g/mol. The fourth-order valence-corrected chi connectivity index (χ4v) is 4.60. The number of nitrogens with two attached hydrogens (primary N) is 1. The van der Waals surface area contributed by atoms with Gasteiger partial charge in [-0.3, -0.25) is 13.6 Å². The van der Waals surface area contributed by atoms with Crippen LogP contribution in [0.4, 0.5) is 5.82 Å². The molecule has 2 unspecified atom stereocenters. The average Bonchev–Trinajstić information content (AvgIpc) is 2.98. The van der Waals surface area contributed by atoms with Crippen LogP contribution in [-0.4, -0.2) is 94.7 Å². The van der Waals surface area contributed by atoms with Crippen LogP contribution in [-0.2, 0) is 27.2 Å². The number of aliphatic hydroxyl groups excluding tert-OH is 4. The Labute approximate surface area is 185 Å². The number of nitrogens with zero attached hydrogens (tertiary/aromatic N) is 2. The normalized spacial score (nSPS) is 29.7. The van der Waals surface area contributed by atoms with Gasteiger partial charge in [0.15, 0.2) is 6.23 Å². The molecule has 0 bridgehead atoms. The van der Waals surface area contributed by atoms with Crippen LogP contribution in [0.1, 0.15) is 13.2 Å². The topological polar surface area (TPSA) is 274 Å². The maximum atomic E-state index is 12.0. The number of aromatic nitrogens is 2. The Balaban J connectivity index is 1.96. The molecule has 1 aromatic heterocycles. The molecule has 0 saturated carbocycles. The summed E-state index contributed by atoms with van der Waals surface area (Å²) in [5.41, 5.74) is 2.35. The Hall–Kier alpha value is -1.30. The number of phosphoric ester groups is 2. The van der Waals surface area contributed by atoms with E-state index >= 15 is 0 Å². The smallest absolute Gasteiger partial charge is 0.393 e. The number of rotatable bonds is 11. The zero-order valence-electron chi connectivity index (χ0n) is 17.0. The molecule has 1 fully saturated rings. The molecule has 1 aromatic rings. The Bertz CT molecular complexity index is 973. The first-order chi connectivity index (χ1) is 15.1. The molecule has 8 atom stereocenters. The second-order valence-electron chi connectivity index (χ2n) is 7.23. The van der Waals surface area contributed by atoms with Crippen molar-refractivity contribution in [2.24, 2.45) is 0 Å². The van der Waals surface area contributed by atoms with Crippen molar-refractivity contribution in [3.8, 4) is 0 Å². The number of ether oxygens (including phenoxy) is 1. The summed E-state index contributed by atoms with van der Waals surface area (Å²) in [6.45, 7) is -1.94. The van der Waals surface area contributed by atoms with E-state index < -0.39 is 77.4 Å². The zero-order valence-corrected chi connectivity index (χ0v) is 18.8. The van der Waals surface area contributed by atoms with Gasteiger partial charge in [0.2, 0.25) is 0 Å². The minimum Gasteiger partial charge on any atom is -0.393 e. The molecule has 33 heavy (non-hydrogen) atoms. The summed E-state index contributed by atoms with van der Waals surface area (Å²) in [6.07, 6.45) is -7.07. The molecule has 19 heteroatoms. The quantitative estimate of drug-likeness (QED) is 0.105. The molecule has 2 rings (SSSR count). The van der Waals surface area contributed by atoms with Gasteiger partial charge < -0.3 is 45.8 Å². The summed E-state index contributed by atoms with van der Waals surface area (Å²) >= 11 is 0. The van der Waals surface area contributed by atoms with Gasteiger partial charge in [-0.1, -0.05) is 0 Å². The fraction of sp³-hybridized carbons (Fsp3) is 0.714. The minimum atomic E-state index is -5.33. The van der Waals surface area contributed by atoms with Gasteiger partial charge >= 0.3 is 21.3 Å². The van der Waals surface area contributed by atoms with Crippen molar-refractivity contribution in [3.05, 3.63) is 22.7 Å². The largest absolute Gasteiger partial charge is 0.481 e. The summed E-state index contributed by atoms with van der Waals surface area (Å²) in [4.78, 5) is 34.5. The van der Waals surface area contributed by atoms with Crippen molar-refractivity contribution in [2.45, 2.75) is 43.2 Å². The first kappa shape index (κ1) is 27.9. The second kappa shape index (κ2) is 10.5. The first-order valence-corrected chi connectivity index (χ1v) is 12.1. The molecule has 0 aliphatic carbocycles. The van der Waals surface area contributed by atoms with Crippen LogP contribution < -0.4 is 11.4 Å². The van der Waals surface area contributed by atoms with Crippen LogP contribution >= 0.6 is 15.6 Å². The Morgan fingerprint density at radius 3 is 2.45 bits per heavy atom. The number of aliphatic hydroxyl groups is 5. The fourth-order valence-electron chi connectivity index (χ4n) is 2.51. The van der Waals surface area contributed by atoms with E-state index in [0.29, 0.717) is 0 Å². The van der Waals surface area contributed by atoms with Gasteiger partial charge in [-0.15, -0.1) is 0 Å². The van der Waals surface area contributed by atoms with Gasteiger partial charge in [0, 0.05) is 6.20 Å². The summed E-state index contributed by atoms with van der Waals surface area (Å²) in [5, 5.41) is 48.3. The molecule has 0 amide bonds.